The van der Waals surface area contributed by atoms with Gasteiger partial charge in [0.15, 0.2) is 0 Å². The fraction of sp³-hybridized carbons (Fsp3) is 0.692. The van der Waals surface area contributed by atoms with Crippen LogP contribution in [0.2, 0.25) is 0 Å². The van der Waals surface area contributed by atoms with E-state index >= 15 is 0 Å². The highest BCUT2D eigenvalue weighted by Gasteiger charge is 2.54. The molecule has 2 rings (SSSR count). The highest BCUT2D eigenvalue weighted by Crippen LogP contribution is 2.62. The lowest BCUT2D eigenvalue weighted by Crippen LogP contribution is -2.30. The van der Waals surface area contributed by atoms with E-state index in [0.717, 1.165) is 6.42 Å². The second kappa shape index (κ2) is 3.14. The number of aliphatic hydroxyl groups is 1. The summed E-state index contributed by atoms with van der Waals surface area (Å²) >= 11 is 0. The Hall–Kier alpha value is -0.740. The molecule has 0 saturated heterocycles. The third kappa shape index (κ3) is 1.07. The maximum Gasteiger partial charge on any atom is 0.104 e. The number of aliphatic hydroxyl groups excluding tert-OH is 1. The fourth-order valence-electron chi connectivity index (χ4n) is 3.17. The Morgan fingerprint density at radius 3 is 3.00 bits per heavy atom. The minimum atomic E-state index is -0.00310. The average molecular weight is 190 g/mol. The second-order valence-electron chi connectivity index (χ2n) is 4.82. The summed E-state index contributed by atoms with van der Waals surface area (Å²) in [4.78, 5) is 0. The molecule has 1 heteroatoms. The molecule has 0 radical (unpaired) electrons. The first-order valence-electron chi connectivity index (χ1n) is 5.43. The van der Waals surface area contributed by atoms with E-state index in [4.69, 9.17) is 5.11 Å². The molecule has 1 fully saturated rings. The molecule has 1 N–H and O–H groups in total. The van der Waals surface area contributed by atoms with E-state index in [9.17, 15) is 0 Å². The molecule has 2 aliphatic carbocycles. The lowest BCUT2D eigenvalue weighted by Gasteiger charge is -2.35. The van der Waals surface area contributed by atoms with E-state index in [2.05, 4.69) is 31.8 Å². The van der Waals surface area contributed by atoms with Gasteiger partial charge in [0, 0.05) is 10.8 Å². The Kier molecular flexibility index (Phi) is 2.20. The van der Waals surface area contributed by atoms with Crippen LogP contribution in [0.5, 0.6) is 0 Å². The SMILES string of the molecule is CC1=CCC2(C#CCO)CCCC12C. The number of fused-ring (bicyclic) bond motifs is 1. The summed E-state index contributed by atoms with van der Waals surface area (Å²) in [6, 6.07) is 0. The van der Waals surface area contributed by atoms with Crippen molar-refractivity contribution in [3.05, 3.63) is 11.6 Å². The lowest BCUT2D eigenvalue weighted by atomic mass is 9.67. The first-order chi connectivity index (χ1) is 6.65. The van der Waals surface area contributed by atoms with Gasteiger partial charge in [-0.1, -0.05) is 36.8 Å². The van der Waals surface area contributed by atoms with Crippen molar-refractivity contribution in [1.29, 1.82) is 0 Å². The Labute approximate surface area is 86.2 Å². The van der Waals surface area contributed by atoms with Crippen LogP contribution < -0.4 is 0 Å². The molecule has 0 aromatic carbocycles. The molecule has 0 aromatic rings. The molecule has 0 heterocycles. The van der Waals surface area contributed by atoms with E-state index < -0.39 is 0 Å². The summed E-state index contributed by atoms with van der Waals surface area (Å²) in [7, 11) is 0. The molecule has 2 unspecified atom stereocenters. The largest absolute Gasteiger partial charge is 0.384 e. The zero-order valence-corrected chi connectivity index (χ0v) is 9.06. The first-order valence-corrected chi connectivity index (χ1v) is 5.43. The molecule has 1 saturated carbocycles. The summed E-state index contributed by atoms with van der Waals surface area (Å²) in [5, 5.41) is 8.80. The minimum absolute atomic E-state index is 0.00310. The molecular weight excluding hydrogens is 172 g/mol. The molecule has 1 nitrogen and oxygen atoms in total. The number of hydrogen-bond acceptors (Lipinski definition) is 1. The smallest absolute Gasteiger partial charge is 0.104 e. The van der Waals surface area contributed by atoms with Crippen LogP contribution in [0.1, 0.15) is 39.5 Å². The monoisotopic (exact) mass is 190 g/mol. The van der Waals surface area contributed by atoms with Gasteiger partial charge in [0.1, 0.15) is 6.61 Å². The molecule has 0 amide bonds. The van der Waals surface area contributed by atoms with Crippen LogP contribution in [0.15, 0.2) is 11.6 Å². The van der Waals surface area contributed by atoms with Crippen LogP contribution in [0.4, 0.5) is 0 Å². The molecule has 76 valence electrons. The van der Waals surface area contributed by atoms with Crippen LogP contribution in [0.3, 0.4) is 0 Å². The van der Waals surface area contributed by atoms with Gasteiger partial charge in [-0.25, -0.2) is 0 Å². The topological polar surface area (TPSA) is 20.2 Å². The van der Waals surface area contributed by atoms with Gasteiger partial charge in [-0.2, -0.15) is 0 Å². The van der Waals surface area contributed by atoms with Crippen LogP contribution in [-0.4, -0.2) is 11.7 Å². The number of allylic oxidation sites excluding steroid dienone is 2. The molecule has 0 aromatic heterocycles. The van der Waals surface area contributed by atoms with Gasteiger partial charge in [0.2, 0.25) is 0 Å². The van der Waals surface area contributed by atoms with Gasteiger partial charge in [-0.3, -0.25) is 0 Å². The van der Waals surface area contributed by atoms with Crippen molar-refractivity contribution in [2.24, 2.45) is 10.8 Å². The second-order valence-corrected chi connectivity index (χ2v) is 4.82. The highest BCUT2D eigenvalue weighted by atomic mass is 16.2. The van der Waals surface area contributed by atoms with Crippen molar-refractivity contribution in [1.82, 2.24) is 0 Å². The summed E-state index contributed by atoms with van der Waals surface area (Å²) in [5.41, 5.74) is 1.94. The standard InChI is InChI=1S/C13H18O/c1-11-5-9-13(8-4-10-14)7-3-6-12(11,13)2/h5,14H,3,6-7,9-10H2,1-2H3. The van der Waals surface area contributed by atoms with Crippen molar-refractivity contribution in [3.63, 3.8) is 0 Å². The Balaban J connectivity index is 2.37. The normalized spacial score (nSPS) is 40.1. The number of hydrogen-bond donors (Lipinski definition) is 1. The van der Waals surface area contributed by atoms with E-state index in [-0.39, 0.29) is 17.4 Å². The van der Waals surface area contributed by atoms with Crippen molar-refractivity contribution < 1.29 is 5.11 Å². The van der Waals surface area contributed by atoms with Gasteiger partial charge in [0.25, 0.3) is 0 Å². The summed E-state index contributed by atoms with van der Waals surface area (Å²) < 4.78 is 0. The van der Waals surface area contributed by atoms with Crippen molar-refractivity contribution in [2.75, 3.05) is 6.61 Å². The van der Waals surface area contributed by atoms with Gasteiger partial charge in [0.05, 0.1) is 0 Å². The molecule has 0 bridgehead atoms. The maximum absolute atomic E-state index is 8.80. The summed E-state index contributed by atoms with van der Waals surface area (Å²) in [5.74, 6) is 6.20. The van der Waals surface area contributed by atoms with Crippen molar-refractivity contribution in [2.45, 2.75) is 39.5 Å². The van der Waals surface area contributed by atoms with E-state index in [1.165, 1.54) is 24.8 Å². The van der Waals surface area contributed by atoms with E-state index in [1.807, 2.05) is 0 Å². The van der Waals surface area contributed by atoms with E-state index in [0.29, 0.717) is 0 Å². The predicted octanol–water partition coefficient (Wildman–Crippen LogP) is 2.51. The fourth-order valence-corrected chi connectivity index (χ4v) is 3.17. The molecule has 2 atom stereocenters. The molecule has 2 aliphatic rings. The zero-order valence-electron chi connectivity index (χ0n) is 9.06. The molecular formula is C13H18O. The maximum atomic E-state index is 8.80. The zero-order chi connectivity index (χ0) is 10.2. The van der Waals surface area contributed by atoms with Crippen LogP contribution >= 0.6 is 0 Å². The van der Waals surface area contributed by atoms with Crippen molar-refractivity contribution >= 4 is 0 Å². The molecule has 0 aliphatic heterocycles. The first kappa shape index (κ1) is 9.80. The number of rotatable bonds is 0. The highest BCUT2D eigenvalue weighted by molar-refractivity contribution is 5.35. The third-order valence-corrected chi connectivity index (χ3v) is 4.37. The van der Waals surface area contributed by atoms with Crippen LogP contribution in [0.25, 0.3) is 0 Å². The third-order valence-electron chi connectivity index (χ3n) is 4.37. The average Bonchev–Trinajstić information content (AvgIpc) is 2.61. The van der Waals surface area contributed by atoms with Gasteiger partial charge >= 0.3 is 0 Å². The van der Waals surface area contributed by atoms with Crippen LogP contribution in [-0.2, 0) is 0 Å². The van der Waals surface area contributed by atoms with E-state index in [1.54, 1.807) is 0 Å². The van der Waals surface area contributed by atoms with Gasteiger partial charge < -0.3 is 5.11 Å². The molecule has 14 heavy (non-hydrogen) atoms. The Bertz CT molecular complexity index is 331. The Morgan fingerprint density at radius 2 is 2.29 bits per heavy atom. The lowest BCUT2D eigenvalue weighted by molar-refractivity contribution is 0.230. The van der Waals surface area contributed by atoms with Crippen molar-refractivity contribution in [3.8, 4) is 11.8 Å². The Morgan fingerprint density at radius 1 is 1.50 bits per heavy atom. The minimum Gasteiger partial charge on any atom is -0.384 e. The van der Waals surface area contributed by atoms with Gasteiger partial charge in [-0.05, 0) is 26.2 Å². The van der Waals surface area contributed by atoms with Gasteiger partial charge in [-0.15, -0.1) is 0 Å². The molecule has 0 spiro atoms. The quantitative estimate of drug-likeness (QED) is 0.459. The summed E-state index contributed by atoms with van der Waals surface area (Å²) in [6.07, 6.45) is 7.16. The predicted molar refractivity (Wildman–Crippen MR) is 57.6 cm³/mol. The summed E-state index contributed by atoms with van der Waals surface area (Å²) in [6.45, 7) is 4.56. The van der Waals surface area contributed by atoms with Crippen LogP contribution in [0, 0.1) is 22.7 Å².